The number of hydrogen-bond donors (Lipinski definition) is 0. The summed E-state index contributed by atoms with van der Waals surface area (Å²) in [5.74, 6) is 0. The van der Waals surface area contributed by atoms with Crippen LogP contribution in [-0.2, 0) is 6.42 Å². The van der Waals surface area contributed by atoms with Crippen molar-refractivity contribution in [3.05, 3.63) is 66.0 Å². The number of nitrogens with zero attached hydrogens (tertiary/aromatic N) is 1. The Labute approximate surface area is 116 Å². The van der Waals surface area contributed by atoms with E-state index in [2.05, 4.69) is 72.6 Å². The largest absolute Gasteiger partial charge is 0.175 e. The number of benzene rings is 1. The van der Waals surface area contributed by atoms with Crippen molar-refractivity contribution >= 4 is 12.3 Å². The highest BCUT2D eigenvalue weighted by atomic mass is 14.9. The van der Waals surface area contributed by atoms with Crippen LogP contribution in [0, 0.1) is 0 Å². The molecule has 0 aliphatic carbocycles. The molecule has 0 amide bonds. The molecule has 0 aliphatic rings. The van der Waals surface area contributed by atoms with Gasteiger partial charge in [0.05, 0.1) is 0 Å². The Morgan fingerprint density at radius 2 is 1.68 bits per heavy atom. The molecule has 0 fully saturated rings. The van der Waals surface area contributed by atoms with Crippen LogP contribution in [0.2, 0.25) is 0 Å². The molecule has 1 nitrogen and oxygen atoms in total. The van der Waals surface area contributed by atoms with Gasteiger partial charge in [-0.15, -0.1) is 0 Å². The van der Waals surface area contributed by atoms with Gasteiger partial charge in [0.15, 0.2) is 18.6 Å². The highest BCUT2D eigenvalue weighted by Gasteiger charge is 1.97. The van der Waals surface area contributed by atoms with Crippen molar-refractivity contribution in [2.45, 2.75) is 32.6 Å². The molecule has 0 N–H and O–H groups in total. The predicted molar refractivity (Wildman–Crippen MR) is 81.5 cm³/mol. The Hall–Kier alpha value is -1.89. The third kappa shape index (κ3) is 4.70. The minimum atomic E-state index is 1.19. The normalized spacial score (nSPS) is 11.0. The van der Waals surface area contributed by atoms with Gasteiger partial charge in [-0.05, 0) is 24.0 Å². The SMILES string of the molecule is CCCCCc1cc[n+](/C=C/c2ccccc2)cc1. The van der Waals surface area contributed by atoms with E-state index in [-0.39, 0.29) is 0 Å². The average molecular weight is 252 g/mol. The van der Waals surface area contributed by atoms with Crippen molar-refractivity contribution in [2.24, 2.45) is 0 Å². The maximum Gasteiger partial charge on any atom is 0.175 e. The quantitative estimate of drug-likeness (QED) is 0.532. The van der Waals surface area contributed by atoms with Gasteiger partial charge in [-0.3, -0.25) is 0 Å². The lowest BCUT2D eigenvalue weighted by Gasteiger charge is -1.98. The summed E-state index contributed by atoms with van der Waals surface area (Å²) < 4.78 is 2.09. The van der Waals surface area contributed by atoms with E-state index >= 15 is 0 Å². The van der Waals surface area contributed by atoms with Gasteiger partial charge in [0.1, 0.15) is 0 Å². The van der Waals surface area contributed by atoms with Gasteiger partial charge in [0.2, 0.25) is 0 Å². The zero-order chi connectivity index (χ0) is 13.3. The van der Waals surface area contributed by atoms with Gasteiger partial charge < -0.3 is 0 Å². The summed E-state index contributed by atoms with van der Waals surface area (Å²) >= 11 is 0. The van der Waals surface area contributed by atoms with E-state index in [0.717, 1.165) is 0 Å². The molecule has 0 unspecified atom stereocenters. The van der Waals surface area contributed by atoms with Gasteiger partial charge in [0.25, 0.3) is 0 Å². The second kappa shape index (κ2) is 7.52. The molecule has 98 valence electrons. The first-order valence-electron chi connectivity index (χ1n) is 7.11. The lowest BCUT2D eigenvalue weighted by Crippen LogP contribution is -2.24. The van der Waals surface area contributed by atoms with Crippen LogP contribution in [0.5, 0.6) is 0 Å². The summed E-state index contributed by atoms with van der Waals surface area (Å²) in [6.45, 7) is 2.24. The average Bonchev–Trinajstić information content (AvgIpc) is 2.48. The van der Waals surface area contributed by atoms with Crippen LogP contribution in [-0.4, -0.2) is 0 Å². The maximum atomic E-state index is 2.24. The number of hydrogen-bond acceptors (Lipinski definition) is 0. The summed E-state index contributed by atoms with van der Waals surface area (Å²) in [5, 5.41) is 0. The van der Waals surface area contributed by atoms with Crippen molar-refractivity contribution in [2.75, 3.05) is 0 Å². The highest BCUT2D eigenvalue weighted by Crippen LogP contribution is 2.05. The third-order valence-electron chi connectivity index (χ3n) is 3.23. The van der Waals surface area contributed by atoms with Gasteiger partial charge in [-0.2, -0.15) is 4.57 Å². The molecular formula is C18H22N+. The molecule has 1 heterocycles. The van der Waals surface area contributed by atoms with Gasteiger partial charge in [0, 0.05) is 18.2 Å². The van der Waals surface area contributed by atoms with E-state index in [9.17, 15) is 0 Å². The molecular weight excluding hydrogens is 230 g/mol. The first-order chi connectivity index (χ1) is 9.38. The van der Waals surface area contributed by atoms with E-state index in [0.29, 0.717) is 0 Å². The Balaban J connectivity index is 1.93. The van der Waals surface area contributed by atoms with Crippen LogP contribution >= 0.6 is 0 Å². The highest BCUT2D eigenvalue weighted by molar-refractivity contribution is 5.56. The molecule has 0 bridgehead atoms. The van der Waals surface area contributed by atoms with Gasteiger partial charge >= 0.3 is 0 Å². The Morgan fingerprint density at radius 1 is 0.947 bits per heavy atom. The minimum absolute atomic E-state index is 1.19. The van der Waals surface area contributed by atoms with Crippen molar-refractivity contribution in [1.29, 1.82) is 0 Å². The number of unbranched alkanes of at least 4 members (excludes halogenated alkanes) is 2. The molecule has 0 saturated carbocycles. The van der Waals surface area contributed by atoms with Crippen LogP contribution in [0.25, 0.3) is 12.3 Å². The minimum Gasteiger partial charge on any atom is -0.174 e. The van der Waals surface area contributed by atoms with E-state index in [1.54, 1.807) is 0 Å². The van der Waals surface area contributed by atoms with E-state index in [4.69, 9.17) is 0 Å². The number of aryl methyl sites for hydroxylation is 1. The molecule has 2 aromatic rings. The van der Waals surface area contributed by atoms with Crippen LogP contribution in [0.15, 0.2) is 54.9 Å². The molecule has 0 saturated heterocycles. The topological polar surface area (TPSA) is 3.88 Å². The molecule has 19 heavy (non-hydrogen) atoms. The Bertz CT molecular complexity index is 497. The van der Waals surface area contributed by atoms with Crippen molar-refractivity contribution < 1.29 is 4.57 Å². The molecule has 1 aromatic carbocycles. The van der Waals surface area contributed by atoms with E-state index < -0.39 is 0 Å². The summed E-state index contributed by atoms with van der Waals surface area (Å²) in [7, 11) is 0. The number of rotatable bonds is 6. The molecule has 1 heteroatoms. The molecule has 1 aromatic heterocycles. The number of pyridine rings is 1. The fourth-order valence-electron chi connectivity index (χ4n) is 2.05. The van der Waals surface area contributed by atoms with Crippen LogP contribution in [0.3, 0.4) is 0 Å². The van der Waals surface area contributed by atoms with Crippen LogP contribution in [0.4, 0.5) is 0 Å². The molecule has 0 aliphatic heterocycles. The molecule has 0 spiro atoms. The van der Waals surface area contributed by atoms with E-state index in [1.807, 2.05) is 6.07 Å². The smallest absolute Gasteiger partial charge is 0.174 e. The first kappa shape index (κ1) is 13.5. The second-order valence-electron chi connectivity index (χ2n) is 4.84. The van der Waals surface area contributed by atoms with Gasteiger partial charge in [-0.1, -0.05) is 50.1 Å². The lowest BCUT2D eigenvalue weighted by molar-refractivity contribution is -0.567. The van der Waals surface area contributed by atoms with Crippen molar-refractivity contribution in [1.82, 2.24) is 0 Å². The maximum absolute atomic E-state index is 2.24. The zero-order valence-electron chi connectivity index (χ0n) is 11.6. The monoisotopic (exact) mass is 252 g/mol. The zero-order valence-corrected chi connectivity index (χ0v) is 11.6. The summed E-state index contributed by atoms with van der Waals surface area (Å²) in [6.07, 6.45) is 13.6. The summed E-state index contributed by atoms with van der Waals surface area (Å²) in [6, 6.07) is 14.8. The van der Waals surface area contributed by atoms with Gasteiger partial charge in [-0.25, -0.2) is 0 Å². The predicted octanol–water partition coefficient (Wildman–Crippen LogP) is 4.33. The summed E-state index contributed by atoms with van der Waals surface area (Å²) in [4.78, 5) is 0. The molecule has 2 rings (SSSR count). The fourth-order valence-corrected chi connectivity index (χ4v) is 2.05. The second-order valence-corrected chi connectivity index (χ2v) is 4.84. The fraction of sp³-hybridized carbons (Fsp3) is 0.278. The molecule has 0 radical (unpaired) electrons. The summed E-state index contributed by atoms with van der Waals surface area (Å²) in [5.41, 5.74) is 2.65. The first-order valence-corrected chi connectivity index (χ1v) is 7.11. The van der Waals surface area contributed by atoms with Crippen LogP contribution in [0.1, 0.15) is 37.3 Å². The number of aromatic nitrogens is 1. The Kier molecular flexibility index (Phi) is 5.36. The van der Waals surface area contributed by atoms with Crippen LogP contribution < -0.4 is 4.57 Å². The lowest BCUT2D eigenvalue weighted by atomic mass is 10.1. The molecule has 0 atom stereocenters. The standard InChI is InChI=1S/C18H22N/c1-2-3-5-8-18-12-15-19(16-13-18)14-11-17-9-6-4-7-10-17/h4,6-7,9-16H,2-3,5,8H2,1H3/q+1/b14-11+. The van der Waals surface area contributed by atoms with Crippen molar-refractivity contribution in [3.63, 3.8) is 0 Å². The van der Waals surface area contributed by atoms with E-state index in [1.165, 1.54) is 36.8 Å². The third-order valence-corrected chi connectivity index (χ3v) is 3.23. The Morgan fingerprint density at radius 3 is 2.37 bits per heavy atom. The van der Waals surface area contributed by atoms with Crippen molar-refractivity contribution in [3.8, 4) is 0 Å².